The summed E-state index contributed by atoms with van der Waals surface area (Å²) in [6.45, 7) is 0. The summed E-state index contributed by atoms with van der Waals surface area (Å²) in [6.07, 6.45) is -5.59. The molecule has 17 heavy (non-hydrogen) atoms. The van der Waals surface area contributed by atoms with Crippen LogP contribution in [0.1, 0.15) is 29.6 Å². The molecule has 0 fully saturated rings. The third-order valence-corrected chi connectivity index (χ3v) is 2.32. The van der Waals surface area contributed by atoms with Gasteiger partial charge in [0, 0.05) is 29.1 Å². The Labute approximate surface area is 102 Å². The number of alkyl halides is 3. The van der Waals surface area contributed by atoms with Crippen molar-refractivity contribution in [3.63, 3.8) is 0 Å². The molecule has 0 aliphatic carbocycles. The molecule has 0 radical (unpaired) electrons. The Hall–Kier alpha value is -1.23. The van der Waals surface area contributed by atoms with Gasteiger partial charge in [-0.05, 0) is 24.6 Å². The second-order valence-electron chi connectivity index (χ2n) is 3.67. The minimum atomic E-state index is -4.23. The van der Waals surface area contributed by atoms with Crippen LogP contribution in [0.4, 0.5) is 18.9 Å². The molecule has 94 valence electrons. The van der Waals surface area contributed by atoms with Crippen molar-refractivity contribution in [2.24, 2.45) is 0 Å². The summed E-state index contributed by atoms with van der Waals surface area (Å²) in [4.78, 5) is 11.6. The lowest BCUT2D eigenvalue weighted by atomic mass is 10.0. The summed E-state index contributed by atoms with van der Waals surface area (Å²) in [5.41, 5.74) is 6.04. The average molecular weight is 266 g/mol. The fourth-order valence-electron chi connectivity index (χ4n) is 1.37. The summed E-state index contributed by atoms with van der Waals surface area (Å²) in [5.74, 6) is -0.386. The number of halogens is 4. The summed E-state index contributed by atoms with van der Waals surface area (Å²) < 4.78 is 35.7. The third kappa shape index (κ3) is 5.08. The molecule has 0 amide bonds. The number of ketones is 1. The number of hydrogen-bond acceptors (Lipinski definition) is 2. The van der Waals surface area contributed by atoms with E-state index in [0.717, 1.165) is 0 Å². The predicted molar refractivity (Wildman–Crippen MR) is 60.1 cm³/mol. The van der Waals surface area contributed by atoms with Gasteiger partial charge < -0.3 is 5.73 Å². The summed E-state index contributed by atoms with van der Waals surface area (Å²) in [6, 6.07) is 4.27. The maximum atomic E-state index is 11.9. The molecule has 0 bridgehead atoms. The number of benzene rings is 1. The van der Waals surface area contributed by atoms with Gasteiger partial charge in [0.15, 0.2) is 5.78 Å². The van der Waals surface area contributed by atoms with Gasteiger partial charge in [-0.2, -0.15) is 13.2 Å². The molecular formula is C11H11ClF3NO. The highest BCUT2D eigenvalue weighted by atomic mass is 35.5. The molecule has 0 aromatic heterocycles. The molecule has 0 spiro atoms. The lowest BCUT2D eigenvalue weighted by Gasteiger charge is -2.06. The number of Topliss-reactive ketones (excluding diaryl/α,β-unsaturated/α-hetero) is 1. The van der Waals surface area contributed by atoms with E-state index in [1.54, 1.807) is 0 Å². The van der Waals surface area contributed by atoms with E-state index in [1.807, 2.05) is 0 Å². The maximum absolute atomic E-state index is 11.9. The van der Waals surface area contributed by atoms with Crippen molar-refractivity contribution in [2.45, 2.75) is 25.4 Å². The molecule has 0 saturated carbocycles. The lowest BCUT2D eigenvalue weighted by molar-refractivity contribution is -0.135. The number of carbonyl (C=O) groups is 1. The fourth-order valence-corrected chi connectivity index (χ4v) is 1.61. The van der Waals surface area contributed by atoms with Crippen molar-refractivity contribution in [2.75, 3.05) is 5.73 Å². The van der Waals surface area contributed by atoms with Crippen molar-refractivity contribution in [1.82, 2.24) is 0 Å². The third-order valence-electron chi connectivity index (χ3n) is 2.11. The second kappa shape index (κ2) is 5.40. The van der Waals surface area contributed by atoms with E-state index in [9.17, 15) is 18.0 Å². The van der Waals surface area contributed by atoms with E-state index in [-0.39, 0.29) is 24.2 Å². The minimum Gasteiger partial charge on any atom is -0.399 e. The molecule has 1 aromatic carbocycles. The number of rotatable bonds is 4. The second-order valence-corrected chi connectivity index (χ2v) is 4.10. The van der Waals surface area contributed by atoms with Crippen LogP contribution in [0.5, 0.6) is 0 Å². The molecule has 0 aliphatic heterocycles. The Morgan fingerprint density at radius 3 is 2.47 bits per heavy atom. The Balaban J connectivity index is 2.58. The Kier molecular flexibility index (Phi) is 4.40. The first-order valence-electron chi connectivity index (χ1n) is 4.94. The van der Waals surface area contributed by atoms with Gasteiger partial charge in [0.1, 0.15) is 0 Å². The quantitative estimate of drug-likeness (QED) is 0.664. The van der Waals surface area contributed by atoms with Gasteiger partial charge in [-0.3, -0.25) is 4.79 Å². The van der Waals surface area contributed by atoms with E-state index >= 15 is 0 Å². The Bertz CT molecular complexity index is 397. The largest absolute Gasteiger partial charge is 0.399 e. The van der Waals surface area contributed by atoms with E-state index in [1.165, 1.54) is 18.2 Å². The van der Waals surface area contributed by atoms with Gasteiger partial charge in [-0.25, -0.2) is 0 Å². The van der Waals surface area contributed by atoms with Crippen LogP contribution < -0.4 is 5.73 Å². The van der Waals surface area contributed by atoms with Gasteiger partial charge in [0.2, 0.25) is 0 Å². The van der Waals surface area contributed by atoms with E-state index < -0.39 is 12.6 Å². The number of nitrogen functional groups attached to an aromatic ring is 1. The van der Waals surface area contributed by atoms with Crippen LogP contribution in [-0.2, 0) is 0 Å². The average Bonchev–Trinajstić information content (AvgIpc) is 2.13. The lowest BCUT2D eigenvalue weighted by Crippen LogP contribution is -2.08. The topological polar surface area (TPSA) is 43.1 Å². The normalized spacial score (nSPS) is 11.5. The molecule has 0 unspecified atom stereocenters. The molecule has 1 rings (SSSR count). The molecule has 0 saturated heterocycles. The zero-order chi connectivity index (χ0) is 13.1. The maximum Gasteiger partial charge on any atom is 0.389 e. The molecule has 2 N–H and O–H groups in total. The highest BCUT2D eigenvalue weighted by molar-refractivity contribution is 6.31. The molecule has 1 aromatic rings. The standard InChI is InChI=1S/C11H11ClF3NO/c12-8-4-7(5-9(16)6-8)10(17)2-1-3-11(13,14)15/h4-6H,1-3,16H2. The zero-order valence-corrected chi connectivity index (χ0v) is 9.61. The van der Waals surface area contributed by atoms with Crippen LogP contribution in [0.3, 0.4) is 0 Å². The number of nitrogens with two attached hydrogens (primary N) is 1. The van der Waals surface area contributed by atoms with E-state index in [4.69, 9.17) is 17.3 Å². The van der Waals surface area contributed by atoms with Crippen molar-refractivity contribution in [3.05, 3.63) is 28.8 Å². The van der Waals surface area contributed by atoms with Crippen LogP contribution in [0.25, 0.3) is 0 Å². The fraction of sp³-hybridized carbons (Fsp3) is 0.364. The summed E-state index contributed by atoms with van der Waals surface area (Å²) in [7, 11) is 0. The van der Waals surface area contributed by atoms with Crippen molar-refractivity contribution in [3.8, 4) is 0 Å². The van der Waals surface area contributed by atoms with Crippen LogP contribution in [0.15, 0.2) is 18.2 Å². The molecule has 0 aliphatic rings. The van der Waals surface area contributed by atoms with Crippen molar-refractivity contribution in [1.29, 1.82) is 0 Å². The minimum absolute atomic E-state index is 0.167. The number of anilines is 1. The number of hydrogen-bond donors (Lipinski definition) is 1. The van der Waals surface area contributed by atoms with E-state index in [2.05, 4.69) is 0 Å². The molecule has 0 heterocycles. The Morgan fingerprint density at radius 1 is 1.29 bits per heavy atom. The zero-order valence-electron chi connectivity index (χ0n) is 8.85. The molecule has 2 nitrogen and oxygen atoms in total. The highest BCUT2D eigenvalue weighted by Crippen LogP contribution is 2.24. The Morgan fingerprint density at radius 2 is 1.94 bits per heavy atom. The number of carbonyl (C=O) groups excluding carboxylic acids is 1. The highest BCUT2D eigenvalue weighted by Gasteiger charge is 2.26. The van der Waals surface area contributed by atoms with Crippen LogP contribution in [0.2, 0.25) is 5.02 Å². The first-order chi connectivity index (χ1) is 7.78. The summed E-state index contributed by atoms with van der Waals surface area (Å²) >= 11 is 5.69. The molecule has 0 atom stereocenters. The van der Waals surface area contributed by atoms with Crippen LogP contribution in [-0.4, -0.2) is 12.0 Å². The SMILES string of the molecule is Nc1cc(Cl)cc(C(=O)CCCC(F)(F)F)c1. The first-order valence-corrected chi connectivity index (χ1v) is 5.32. The van der Waals surface area contributed by atoms with E-state index in [0.29, 0.717) is 10.7 Å². The van der Waals surface area contributed by atoms with Crippen molar-refractivity contribution >= 4 is 23.1 Å². The van der Waals surface area contributed by atoms with Gasteiger partial charge >= 0.3 is 6.18 Å². The van der Waals surface area contributed by atoms with Crippen molar-refractivity contribution < 1.29 is 18.0 Å². The first kappa shape index (κ1) is 13.8. The van der Waals surface area contributed by atoms with Gasteiger partial charge in [0.05, 0.1) is 0 Å². The monoisotopic (exact) mass is 265 g/mol. The van der Waals surface area contributed by atoms with Crippen LogP contribution in [0, 0.1) is 0 Å². The predicted octanol–water partition coefficient (Wildman–Crippen LogP) is 3.84. The summed E-state index contributed by atoms with van der Waals surface area (Å²) in [5, 5.41) is 0.296. The molecule has 6 heteroatoms. The smallest absolute Gasteiger partial charge is 0.389 e. The molecular weight excluding hydrogens is 255 g/mol. The van der Waals surface area contributed by atoms with Gasteiger partial charge in [-0.15, -0.1) is 0 Å². The van der Waals surface area contributed by atoms with Gasteiger partial charge in [0.25, 0.3) is 0 Å². The van der Waals surface area contributed by atoms with Gasteiger partial charge in [-0.1, -0.05) is 11.6 Å². The van der Waals surface area contributed by atoms with Crippen LogP contribution >= 0.6 is 11.6 Å².